The number of benzene rings is 2. The average Bonchev–Trinajstić information content (AvgIpc) is 2.84. The Balaban J connectivity index is 1.78. The van der Waals surface area contributed by atoms with Crippen molar-refractivity contribution in [3.05, 3.63) is 52.5 Å². The number of fused-ring (bicyclic) bond motifs is 1. The minimum absolute atomic E-state index is 0.714. The number of hydrogen-bond donors (Lipinski definition) is 1. The van der Waals surface area contributed by atoms with Crippen LogP contribution in [0.5, 0.6) is 0 Å². The van der Waals surface area contributed by atoms with Gasteiger partial charge < -0.3 is 9.47 Å². The second-order valence-electron chi connectivity index (χ2n) is 5.46. The number of imidazole rings is 1. The van der Waals surface area contributed by atoms with Crippen LogP contribution in [0.3, 0.4) is 0 Å². The van der Waals surface area contributed by atoms with Gasteiger partial charge in [0.15, 0.2) is 0 Å². The predicted molar refractivity (Wildman–Crippen MR) is 100 cm³/mol. The summed E-state index contributed by atoms with van der Waals surface area (Å²) in [6.45, 7) is 0. The molecule has 2 aromatic carbocycles. The number of hydrazone groups is 1. The van der Waals surface area contributed by atoms with E-state index < -0.39 is 0 Å². The van der Waals surface area contributed by atoms with E-state index in [2.05, 4.69) is 42.4 Å². The molecule has 1 heterocycles. The third kappa shape index (κ3) is 3.22. The molecule has 0 amide bonds. The SMILES string of the molecule is CN(C)c1ccc(/C=N\Nc2nc3ccccc3n2C)cc1Br. The van der Waals surface area contributed by atoms with Crippen molar-refractivity contribution in [3.63, 3.8) is 0 Å². The van der Waals surface area contributed by atoms with Gasteiger partial charge in [-0.25, -0.2) is 10.4 Å². The second-order valence-corrected chi connectivity index (χ2v) is 6.31. The smallest absolute Gasteiger partial charge is 0.224 e. The first-order valence-corrected chi connectivity index (χ1v) is 8.03. The van der Waals surface area contributed by atoms with Gasteiger partial charge in [-0.05, 0) is 45.8 Å². The Morgan fingerprint density at radius 2 is 2.00 bits per heavy atom. The Morgan fingerprint density at radius 3 is 2.70 bits per heavy atom. The molecule has 0 saturated carbocycles. The molecular formula is C17H18BrN5. The molecule has 6 heteroatoms. The van der Waals surface area contributed by atoms with Gasteiger partial charge in [0.1, 0.15) is 0 Å². The molecule has 0 bridgehead atoms. The number of nitrogens with one attached hydrogen (secondary N) is 1. The standard InChI is InChI=1S/C17H18BrN5/c1-22(2)15-9-8-12(10-13(15)18)11-19-21-17-20-14-6-4-5-7-16(14)23(17)3/h4-11H,1-3H3,(H,20,21)/b19-11-. The fraction of sp³-hybridized carbons (Fsp3) is 0.176. The Hall–Kier alpha value is -2.34. The summed E-state index contributed by atoms with van der Waals surface area (Å²) in [6.07, 6.45) is 1.78. The third-order valence-corrected chi connectivity index (χ3v) is 4.25. The predicted octanol–water partition coefficient (Wildman–Crippen LogP) is 3.85. The van der Waals surface area contributed by atoms with Crippen molar-refractivity contribution in [2.75, 3.05) is 24.4 Å². The first-order valence-electron chi connectivity index (χ1n) is 7.23. The molecule has 0 aliphatic carbocycles. The highest BCUT2D eigenvalue weighted by Crippen LogP contribution is 2.25. The van der Waals surface area contributed by atoms with Gasteiger partial charge in [0.25, 0.3) is 0 Å². The van der Waals surface area contributed by atoms with Crippen LogP contribution in [0, 0.1) is 0 Å². The molecule has 5 nitrogen and oxygen atoms in total. The minimum Gasteiger partial charge on any atom is -0.377 e. The number of hydrogen-bond acceptors (Lipinski definition) is 4. The lowest BCUT2D eigenvalue weighted by molar-refractivity contribution is 0.943. The molecule has 0 spiro atoms. The van der Waals surface area contributed by atoms with Gasteiger partial charge in [-0.2, -0.15) is 5.10 Å². The van der Waals surface area contributed by atoms with E-state index in [1.54, 1.807) is 6.21 Å². The van der Waals surface area contributed by atoms with Crippen LogP contribution in [-0.4, -0.2) is 29.9 Å². The first-order chi connectivity index (χ1) is 11.1. The van der Waals surface area contributed by atoms with Crippen molar-refractivity contribution in [1.29, 1.82) is 0 Å². The molecule has 0 unspecified atom stereocenters. The molecule has 0 aliphatic rings. The van der Waals surface area contributed by atoms with Gasteiger partial charge in [0, 0.05) is 25.6 Å². The maximum Gasteiger partial charge on any atom is 0.224 e. The molecule has 0 aliphatic heterocycles. The topological polar surface area (TPSA) is 45.4 Å². The van der Waals surface area contributed by atoms with Crippen molar-refractivity contribution >= 4 is 44.8 Å². The second kappa shape index (κ2) is 6.42. The Labute approximate surface area is 143 Å². The maximum absolute atomic E-state index is 4.52. The zero-order chi connectivity index (χ0) is 16.4. The van der Waals surface area contributed by atoms with Crippen molar-refractivity contribution in [2.24, 2.45) is 12.1 Å². The Morgan fingerprint density at radius 1 is 1.22 bits per heavy atom. The molecule has 0 radical (unpaired) electrons. The number of anilines is 2. The zero-order valence-corrected chi connectivity index (χ0v) is 14.9. The summed E-state index contributed by atoms with van der Waals surface area (Å²) in [7, 11) is 6.00. The van der Waals surface area contributed by atoms with Crippen LogP contribution >= 0.6 is 15.9 Å². The summed E-state index contributed by atoms with van der Waals surface area (Å²) in [5, 5.41) is 4.29. The summed E-state index contributed by atoms with van der Waals surface area (Å²) in [6, 6.07) is 14.1. The monoisotopic (exact) mass is 371 g/mol. The highest BCUT2D eigenvalue weighted by molar-refractivity contribution is 9.10. The van der Waals surface area contributed by atoms with Gasteiger partial charge in [0.05, 0.1) is 22.9 Å². The number of para-hydroxylation sites is 2. The summed E-state index contributed by atoms with van der Waals surface area (Å²) in [4.78, 5) is 6.58. The number of aromatic nitrogens is 2. The van der Waals surface area contributed by atoms with Crippen LogP contribution in [0.25, 0.3) is 11.0 Å². The van der Waals surface area contributed by atoms with E-state index in [9.17, 15) is 0 Å². The highest BCUT2D eigenvalue weighted by atomic mass is 79.9. The molecule has 1 N–H and O–H groups in total. The van der Waals surface area contributed by atoms with E-state index in [0.29, 0.717) is 5.95 Å². The summed E-state index contributed by atoms with van der Waals surface area (Å²) in [5.74, 6) is 0.714. The fourth-order valence-electron chi connectivity index (χ4n) is 2.38. The van der Waals surface area contributed by atoms with Crippen LogP contribution in [0.15, 0.2) is 52.0 Å². The largest absolute Gasteiger partial charge is 0.377 e. The van der Waals surface area contributed by atoms with Crippen molar-refractivity contribution in [3.8, 4) is 0 Å². The molecule has 0 atom stereocenters. The Bertz CT molecular complexity index is 867. The van der Waals surface area contributed by atoms with E-state index in [1.807, 2.05) is 62.1 Å². The molecule has 118 valence electrons. The van der Waals surface area contributed by atoms with Gasteiger partial charge in [-0.1, -0.05) is 18.2 Å². The van der Waals surface area contributed by atoms with Crippen LogP contribution < -0.4 is 10.3 Å². The first kappa shape index (κ1) is 15.6. The number of nitrogens with zero attached hydrogens (tertiary/aromatic N) is 4. The summed E-state index contributed by atoms with van der Waals surface area (Å²) < 4.78 is 3.02. The van der Waals surface area contributed by atoms with E-state index >= 15 is 0 Å². The zero-order valence-electron chi connectivity index (χ0n) is 13.3. The lowest BCUT2D eigenvalue weighted by atomic mass is 10.2. The van der Waals surface area contributed by atoms with Gasteiger partial charge >= 0.3 is 0 Å². The van der Waals surface area contributed by atoms with Crippen molar-refractivity contribution in [2.45, 2.75) is 0 Å². The lowest BCUT2D eigenvalue weighted by Gasteiger charge is -2.14. The van der Waals surface area contributed by atoms with E-state index in [1.165, 1.54) is 0 Å². The summed E-state index contributed by atoms with van der Waals surface area (Å²) >= 11 is 3.58. The molecule has 23 heavy (non-hydrogen) atoms. The molecule has 0 saturated heterocycles. The lowest BCUT2D eigenvalue weighted by Crippen LogP contribution is -2.09. The number of halogens is 1. The van der Waals surface area contributed by atoms with Gasteiger partial charge in [-0.3, -0.25) is 0 Å². The Kier molecular flexibility index (Phi) is 4.34. The molecule has 3 rings (SSSR count). The van der Waals surface area contributed by atoms with Crippen LogP contribution in [-0.2, 0) is 7.05 Å². The molecule has 3 aromatic rings. The summed E-state index contributed by atoms with van der Waals surface area (Å²) in [5.41, 5.74) is 7.16. The molecule has 0 fully saturated rings. The van der Waals surface area contributed by atoms with Crippen LogP contribution in [0.4, 0.5) is 11.6 Å². The average molecular weight is 372 g/mol. The van der Waals surface area contributed by atoms with E-state index in [-0.39, 0.29) is 0 Å². The molecular weight excluding hydrogens is 354 g/mol. The minimum atomic E-state index is 0.714. The number of rotatable bonds is 4. The van der Waals surface area contributed by atoms with Crippen LogP contribution in [0.2, 0.25) is 0 Å². The van der Waals surface area contributed by atoms with E-state index in [4.69, 9.17) is 0 Å². The molecule has 1 aromatic heterocycles. The quantitative estimate of drug-likeness (QED) is 0.559. The van der Waals surface area contributed by atoms with Crippen molar-refractivity contribution in [1.82, 2.24) is 9.55 Å². The normalized spacial score (nSPS) is 11.3. The highest BCUT2D eigenvalue weighted by Gasteiger charge is 2.05. The maximum atomic E-state index is 4.52. The van der Waals surface area contributed by atoms with Gasteiger partial charge in [-0.15, -0.1) is 0 Å². The van der Waals surface area contributed by atoms with Gasteiger partial charge in [0.2, 0.25) is 5.95 Å². The third-order valence-electron chi connectivity index (χ3n) is 3.62. The van der Waals surface area contributed by atoms with Crippen molar-refractivity contribution < 1.29 is 0 Å². The number of aryl methyl sites for hydroxylation is 1. The van der Waals surface area contributed by atoms with Crippen LogP contribution in [0.1, 0.15) is 5.56 Å². The van der Waals surface area contributed by atoms with E-state index in [0.717, 1.165) is 26.8 Å². The fourth-order valence-corrected chi connectivity index (χ4v) is 3.13.